The average molecular weight is 263 g/mol. The van der Waals surface area contributed by atoms with Crippen molar-refractivity contribution in [1.82, 2.24) is 10.6 Å². The molecule has 0 fully saturated rings. The number of amides is 2. The van der Waals surface area contributed by atoms with E-state index >= 15 is 0 Å². The van der Waals surface area contributed by atoms with Gasteiger partial charge in [-0.2, -0.15) is 0 Å². The van der Waals surface area contributed by atoms with Crippen LogP contribution in [0.5, 0.6) is 0 Å². The van der Waals surface area contributed by atoms with Crippen LogP contribution in [0.15, 0.2) is 0 Å². The maximum absolute atomic E-state index is 11.2. The molecule has 0 aromatic rings. The quantitative estimate of drug-likeness (QED) is 0.391. The summed E-state index contributed by atoms with van der Waals surface area (Å²) in [6.07, 6.45) is 0. The molecule has 0 aliphatic carbocycles. The fraction of sp³-hybridized carbons (Fsp3) is 0.667. The SMILES string of the molecule is CC(=O)NCCNC(=O)CSC[C@@H](N)C(=O)O. The summed E-state index contributed by atoms with van der Waals surface area (Å²) in [6, 6.07) is -0.952. The molecule has 0 saturated carbocycles. The van der Waals surface area contributed by atoms with Crippen molar-refractivity contribution in [3.05, 3.63) is 0 Å². The molecule has 0 heterocycles. The predicted molar refractivity (Wildman–Crippen MR) is 64.6 cm³/mol. The third-order valence-corrected chi connectivity index (χ3v) is 2.73. The van der Waals surface area contributed by atoms with E-state index in [9.17, 15) is 14.4 Å². The Labute approximate surface area is 104 Å². The summed E-state index contributed by atoms with van der Waals surface area (Å²) in [4.78, 5) is 32.1. The molecule has 1 atom stereocenters. The summed E-state index contributed by atoms with van der Waals surface area (Å²) < 4.78 is 0. The van der Waals surface area contributed by atoms with Gasteiger partial charge >= 0.3 is 5.97 Å². The molecular formula is C9H17N3O4S. The Hall–Kier alpha value is -1.28. The van der Waals surface area contributed by atoms with Gasteiger partial charge in [-0.1, -0.05) is 0 Å². The molecule has 0 rings (SSSR count). The van der Waals surface area contributed by atoms with Crippen molar-refractivity contribution in [2.45, 2.75) is 13.0 Å². The van der Waals surface area contributed by atoms with Crippen LogP contribution < -0.4 is 16.4 Å². The fourth-order valence-electron chi connectivity index (χ4n) is 0.841. The molecule has 17 heavy (non-hydrogen) atoms. The second kappa shape index (κ2) is 8.82. The Morgan fingerprint density at radius 3 is 2.41 bits per heavy atom. The zero-order valence-corrected chi connectivity index (χ0v) is 10.4. The second-order valence-corrected chi connectivity index (χ2v) is 4.32. The van der Waals surface area contributed by atoms with Crippen LogP contribution in [0.3, 0.4) is 0 Å². The summed E-state index contributed by atoms with van der Waals surface area (Å²) in [5.74, 6) is -1.10. The highest BCUT2D eigenvalue weighted by atomic mass is 32.2. The van der Waals surface area contributed by atoms with Gasteiger partial charge in [0.25, 0.3) is 0 Å². The van der Waals surface area contributed by atoms with E-state index < -0.39 is 12.0 Å². The highest BCUT2D eigenvalue weighted by molar-refractivity contribution is 8.00. The molecule has 0 bridgehead atoms. The zero-order valence-electron chi connectivity index (χ0n) is 9.56. The second-order valence-electron chi connectivity index (χ2n) is 3.29. The number of thioether (sulfide) groups is 1. The number of carbonyl (C=O) groups is 3. The number of rotatable bonds is 8. The first-order valence-corrected chi connectivity index (χ1v) is 6.16. The molecule has 2 amide bonds. The number of carboxylic acid groups (broad SMARTS) is 1. The Kier molecular flexibility index (Phi) is 8.16. The van der Waals surface area contributed by atoms with Gasteiger partial charge in [0.1, 0.15) is 6.04 Å². The third kappa shape index (κ3) is 9.64. The zero-order chi connectivity index (χ0) is 13.3. The lowest BCUT2D eigenvalue weighted by atomic mass is 10.4. The van der Waals surface area contributed by atoms with Crippen molar-refractivity contribution in [2.24, 2.45) is 5.73 Å². The van der Waals surface area contributed by atoms with Gasteiger partial charge in [-0.25, -0.2) is 0 Å². The van der Waals surface area contributed by atoms with Gasteiger partial charge in [0, 0.05) is 25.8 Å². The van der Waals surface area contributed by atoms with Crippen LogP contribution in [-0.2, 0) is 14.4 Å². The summed E-state index contributed by atoms with van der Waals surface area (Å²) in [5, 5.41) is 13.6. The molecule has 0 radical (unpaired) electrons. The Bertz CT molecular complexity index is 285. The van der Waals surface area contributed by atoms with Gasteiger partial charge < -0.3 is 21.5 Å². The van der Waals surface area contributed by atoms with E-state index in [1.165, 1.54) is 6.92 Å². The van der Waals surface area contributed by atoms with E-state index in [4.69, 9.17) is 10.8 Å². The van der Waals surface area contributed by atoms with E-state index in [1.54, 1.807) is 0 Å². The summed E-state index contributed by atoms with van der Waals surface area (Å²) >= 11 is 1.16. The maximum Gasteiger partial charge on any atom is 0.321 e. The lowest BCUT2D eigenvalue weighted by Crippen LogP contribution is -2.36. The minimum atomic E-state index is -1.08. The normalized spacial score (nSPS) is 11.6. The topological polar surface area (TPSA) is 122 Å². The van der Waals surface area contributed by atoms with Gasteiger partial charge in [-0.15, -0.1) is 11.8 Å². The van der Waals surface area contributed by atoms with Crippen LogP contribution in [0, 0.1) is 0 Å². The number of nitrogens with one attached hydrogen (secondary N) is 2. The first kappa shape index (κ1) is 15.7. The van der Waals surface area contributed by atoms with Gasteiger partial charge in [0.2, 0.25) is 11.8 Å². The first-order valence-electron chi connectivity index (χ1n) is 5.00. The molecular weight excluding hydrogens is 246 g/mol. The van der Waals surface area contributed by atoms with Crippen LogP contribution in [0.25, 0.3) is 0 Å². The molecule has 5 N–H and O–H groups in total. The number of hydrogen-bond donors (Lipinski definition) is 4. The van der Waals surface area contributed by atoms with Crippen LogP contribution in [-0.4, -0.2) is 53.5 Å². The van der Waals surface area contributed by atoms with Gasteiger partial charge in [0.15, 0.2) is 0 Å². The molecule has 0 saturated heterocycles. The van der Waals surface area contributed by atoms with Gasteiger partial charge in [0.05, 0.1) is 5.75 Å². The van der Waals surface area contributed by atoms with Crippen molar-refractivity contribution in [3.63, 3.8) is 0 Å². The van der Waals surface area contributed by atoms with E-state index in [1.807, 2.05) is 0 Å². The lowest BCUT2D eigenvalue weighted by molar-refractivity contribution is -0.138. The van der Waals surface area contributed by atoms with Crippen LogP contribution in [0.4, 0.5) is 0 Å². The van der Waals surface area contributed by atoms with Crippen molar-refractivity contribution >= 4 is 29.5 Å². The lowest BCUT2D eigenvalue weighted by Gasteiger charge is -2.07. The third-order valence-electron chi connectivity index (χ3n) is 1.67. The standard InChI is InChI=1S/C9H17N3O4S/c1-6(13)11-2-3-12-8(14)5-17-4-7(10)9(15)16/h7H,2-5,10H2,1H3,(H,11,13)(H,12,14)(H,15,16)/t7-/m1/s1. The highest BCUT2D eigenvalue weighted by Crippen LogP contribution is 2.01. The van der Waals surface area contributed by atoms with E-state index in [2.05, 4.69) is 10.6 Å². The number of carbonyl (C=O) groups excluding carboxylic acids is 2. The molecule has 0 spiro atoms. The summed E-state index contributed by atoms with van der Waals surface area (Å²) in [6.45, 7) is 2.12. The molecule has 0 aliphatic heterocycles. The van der Waals surface area contributed by atoms with Crippen molar-refractivity contribution in [2.75, 3.05) is 24.6 Å². The van der Waals surface area contributed by atoms with Crippen LogP contribution in [0.1, 0.15) is 6.92 Å². The summed E-state index contributed by atoms with van der Waals surface area (Å²) in [7, 11) is 0. The van der Waals surface area contributed by atoms with Gasteiger partial charge in [-0.3, -0.25) is 14.4 Å². The number of hydrogen-bond acceptors (Lipinski definition) is 5. The molecule has 8 heteroatoms. The number of carboxylic acids is 1. The molecule has 7 nitrogen and oxygen atoms in total. The maximum atomic E-state index is 11.2. The van der Waals surface area contributed by atoms with E-state index in [0.29, 0.717) is 13.1 Å². The molecule has 0 aromatic carbocycles. The predicted octanol–water partition coefficient (Wildman–Crippen LogP) is -1.62. The Morgan fingerprint density at radius 1 is 1.29 bits per heavy atom. The van der Waals surface area contributed by atoms with Crippen molar-refractivity contribution < 1.29 is 19.5 Å². The fourth-order valence-corrected chi connectivity index (χ4v) is 1.64. The van der Waals surface area contributed by atoms with Crippen LogP contribution >= 0.6 is 11.8 Å². The van der Waals surface area contributed by atoms with Crippen molar-refractivity contribution in [1.29, 1.82) is 0 Å². The Balaban J connectivity index is 3.47. The monoisotopic (exact) mass is 263 g/mol. The molecule has 0 unspecified atom stereocenters. The average Bonchev–Trinajstić information content (AvgIpc) is 2.23. The molecule has 98 valence electrons. The number of nitrogens with two attached hydrogens (primary N) is 1. The highest BCUT2D eigenvalue weighted by Gasteiger charge is 2.11. The minimum absolute atomic E-state index is 0.152. The molecule has 0 aromatic heterocycles. The van der Waals surface area contributed by atoms with E-state index in [-0.39, 0.29) is 23.3 Å². The van der Waals surface area contributed by atoms with Gasteiger partial charge in [-0.05, 0) is 0 Å². The molecule has 0 aliphatic rings. The Morgan fingerprint density at radius 2 is 1.88 bits per heavy atom. The number of aliphatic carboxylic acids is 1. The first-order chi connectivity index (χ1) is 7.93. The van der Waals surface area contributed by atoms with Crippen molar-refractivity contribution in [3.8, 4) is 0 Å². The smallest absolute Gasteiger partial charge is 0.321 e. The minimum Gasteiger partial charge on any atom is -0.480 e. The summed E-state index contributed by atoms with van der Waals surface area (Å²) in [5.41, 5.74) is 5.26. The largest absolute Gasteiger partial charge is 0.480 e. The van der Waals surface area contributed by atoms with E-state index in [0.717, 1.165) is 11.8 Å². The van der Waals surface area contributed by atoms with Crippen LogP contribution in [0.2, 0.25) is 0 Å².